The van der Waals surface area contributed by atoms with Crippen LogP contribution < -0.4 is 5.32 Å². The van der Waals surface area contributed by atoms with Crippen LogP contribution in [0.15, 0.2) is 0 Å². The normalized spacial score (nSPS) is 26.5. The summed E-state index contributed by atoms with van der Waals surface area (Å²) in [6, 6.07) is -0.0326. The van der Waals surface area contributed by atoms with Crippen LogP contribution in [0.4, 0.5) is 0 Å². The Hall–Kier alpha value is -0.650. The zero-order chi connectivity index (χ0) is 11.4. The first-order chi connectivity index (χ1) is 7.04. The number of carboxylic acids is 1. The highest BCUT2D eigenvalue weighted by Gasteiger charge is 2.26. The van der Waals surface area contributed by atoms with Gasteiger partial charge in [-0.3, -0.25) is 9.69 Å². The second-order valence-electron chi connectivity index (χ2n) is 4.29. The Balaban J connectivity index is 2.46. The van der Waals surface area contributed by atoms with Crippen LogP contribution in [0.1, 0.15) is 6.92 Å². The molecule has 88 valence electrons. The zero-order valence-electron chi connectivity index (χ0n) is 9.73. The van der Waals surface area contributed by atoms with Crippen LogP contribution in [0, 0.1) is 0 Å². The molecule has 5 nitrogen and oxygen atoms in total. The number of hydrogen-bond acceptors (Lipinski definition) is 4. The zero-order valence-corrected chi connectivity index (χ0v) is 9.73. The van der Waals surface area contributed by atoms with Crippen molar-refractivity contribution in [3.8, 4) is 0 Å². The Morgan fingerprint density at radius 1 is 1.60 bits per heavy atom. The number of likely N-dealkylation sites (N-methyl/N-ethyl adjacent to an activating group) is 2. The fourth-order valence-corrected chi connectivity index (χ4v) is 1.98. The first-order valence-corrected chi connectivity index (χ1v) is 5.37. The summed E-state index contributed by atoms with van der Waals surface area (Å²) >= 11 is 0. The Kier molecular flexibility index (Phi) is 4.50. The van der Waals surface area contributed by atoms with Gasteiger partial charge in [0.15, 0.2) is 0 Å². The predicted molar refractivity (Wildman–Crippen MR) is 59.0 cm³/mol. The van der Waals surface area contributed by atoms with Crippen LogP contribution >= 0.6 is 0 Å². The Labute approximate surface area is 91.0 Å². The van der Waals surface area contributed by atoms with E-state index < -0.39 is 12.0 Å². The molecule has 1 saturated heterocycles. The summed E-state index contributed by atoms with van der Waals surface area (Å²) in [6.07, 6.45) is 0. The first-order valence-electron chi connectivity index (χ1n) is 5.37. The molecule has 0 aromatic rings. The Morgan fingerprint density at radius 3 is 2.73 bits per heavy atom. The lowest BCUT2D eigenvalue weighted by Gasteiger charge is -2.39. The molecule has 1 aliphatic heterocycles. The molecule has 5 heteroatoms. The molecule has 2 atom stereocenters. The van der Waals surface area contributed by atoms with E-state index in [-0.39, 0.29) is 0 Å². The molecule has 2 unspecified atom stereocenters. The van der Waals surface area contributed by atoms with Gasteiger partial charge in [0.05, 0.1) is 0 Å². The fourth-order valence-electron chi connectivity index (χ4n) is 1.98. The fraction of sp³-hybridized carbons (Fsp3) is 0.900. The van der Waals surface area contributed by atoms with Crippen molar-refractivity contribution < 1.29 is 9.90 Å². The van der Waals surface area contributed by atoms with Crippen LogP contribution in [-0.2, 0) is 4.79 Å². The van der Waals surface area contributed by atoms with Gasteiger partial charge in [0.2, 0.25) is 0 Å². The van der Waals surface area contributed by atoms with Crippen molar-refractivity contribution in [2.45, 2.75) is 19.0 Å². The highest BCUT2D eigenvalue weighted by molar-refractivity contribution is 5.73. The molecule has 0 aromatic heterocycles. The summed E-state index contributed by atoms with van der Waals surface area (Å²) in [5.41, 5.74) is 0. The van der Waals surface area contributed by atoms with Crippen LogP contribution in [-0.4, -0.2) is 73.2 Å². The number of carboxylic acid groups (broad SMARTS) is 1. The van der Waals surface area contributed by atoms with E-state index in [1.165, 1.54) is 0 Å². The van der Waals surface area contributed by atoms with Gasteiger partial charge in [0.25, 0.3) is 0 Å². The molecule has 1 rings (SSSR count). The highest BCUT2D eigenvalue weighted by Crippen LogP contribution is 2.08. The monoisotopic (exact) mass is 215 g/mol. The lowest BCUT2D eigenvalue weighted by molar-refractivity contribution is -0.140. The van der Waals surface area contributed by atoms with Gasteiger partial charge in [0.1, 0.15) is 6.04 Å². The Bertz CT molecular complexity index is 223. The summed E-state index contributed by atoms with van der Waals surface area (Å²) in [5.74, 6) is -0.774. The van der Waals surface area contributed by atoms with Gasteiger partial charge < -0.3 is 15.3 Å². The molecule has 15 heavy (non-hydrogen) atoms. The van der Waals surface area contributed by atoms with Gasteiger partial charge in [0, 0.05) is 32.2 Å². The van der Waals surface area contributed by atoms with Gasteiger partial charge in [-0.25, -0.2) is 0 Å². The molecule has 0 aromatic carbocycles. The number of piperazine rings is 1. The van der Waals surface area contributed by atoms with Crippen molar-refractivity contribution in [1.82, 2.24) is 15.1 Å². The van der Waals surface area contributed by atoms with E-state index in [0.717, 1.165) is 19.6 Å². The minimum Gasteiger partial charge on any atom is -0.480 e. The van der Waals surface area contributed by atoms with Crippen molar-refractivity contribution in [2.24, 2.45) is 0 Å². The molecule has 0 aliphatic carbocycles. The average Bonchev–Trinajstić information content (AvgIpc) is 2.16. The maximum Gasteiger partial charge on any atom is 0.322 e. The largest absolute Gasteiger partial charge is 0.480 e. The van der Waals surface area contributed by atoms with Gasteiger partial charge in [-0.2, -0.15) is 0 Å². The maximum absolute atomic E-state index is 10.9. The van der Waals surface area contributed by atoms with Crippen LogP contribution in [0.2, 0.25) is 0 Å². The molecule has 1 fully saturated rings. The number of aliphatic carboxylic acids is 1. The molecule has 1 heterocycles. The highest BCUT2D eigenvalue weighted by atomic mass is 16.4. The van der Waals surface area contributed by atoms with E-state index in [1.54, 1.807) is 7.05 Å². The van der Waals surface area contributed by atoms with E-state index in [0.29, 0.717) is 12.6 Å². The van der Waals surface area contributed by atoms with E-state index in [9.17, 15) is 4.79 Å². The summed E-state index contributed by atoms with van der Waals surface area (Å²) in [5, 5.41) is 11.8. The molecule has 0 saturated carbocycles. The minimum absolute atomic E-state index is 0.430. The smallest absolute Gasteiger partial charge is 0.322 e. The van der Waals surface area contributed by atoms with Crippen molar-refractivity contribution in [1.29, 1.82) is 0 Å². The summed E-state index contributed by atoms with van der Waals surface area (Å²) < 4.78 is 0. The summed E-state index contributed by atoms with van der Waals surface area (Å²) in [6.45, 7) is 5.70. The molecule has 0 amide bonds. The summed E-state index contributed by atoms with van der Waals surface area (Å²) in [4.78, 5) is 15.4. The van der Waals surface area contributed by atoms with Crippen molar-refractivity contribution >= 4 is 5.97 Å². The molecule has 0 radical (unpaired) electrons. The third-order valence-electron chi connectivity index (χ3n) is 3.03. The van der Waals surface area contributed by atoms with Gasteiger partial charge in [-0.05, 0) is 21.0 Å². The predicted octanol–water partition coefficient (Wildman–Crippen LogP) is -0.705. The third-order valence-corrected chi connectivity index (χ3v) is 3.03. The van der Waals surface area contributed by atoms with Crippen LogP contribution in [0.3, 0.4) is 0 Å². The minimum atomic E-state index is -0.774. The maximum atomic E-state index is 10.9. The van der Waals surface area contributed by atoms with Crippen LogP contribution in [0.25, 0.3) is 0 Å². The van der Waals surface area contributed by atoms with E-state index in [1.807, 2.05) is 0 Å². The lowest BCUT2D eigenvalue weighted by atomic mass is 10.1. The van der Waals surface area contributed by atoms with E-state index >= 15 is 0 Å². The molecule has 0 spiro atoms. The summed E-state index contributed by atoms with van der Waals surface area (Å²) in [7, 11) is 3.79. The molecular formula is C10H21N3O2. The number of nitrogens with one attached hydrogen (secondary N) is 1. The second-order valence-corrected chi connectivity index (χ2v) is 4.29. The van der Waals surface area contributed by atoms with Gasteiger partial charge in [-0.1, -0.05) is 0 Å². The first kappa shape index (κ1) is 12.4. The van der Waals surface area contributed by atoms with Crippen LogP contribution in [0.5, 0.6) is 0 Å². The topological polar surface area (TPSA) is 55.8 Å². The average molecular weight is 215 g/mol. The van der Waals surface area contributed by atoms with Gasteiger partial charge >= 0.3 is 5.97 Å². The number of nitrogens with zero attached hydrogens (tertiary/aromatic N) is 2. The van der Waals surface area contributed by atoms with Gasteiger partial charge in [-0.15, -0.1) is 0 Å². The molecule has 1 aliphatic rings. The van der Waals surface area contributed by atoms with Crippen molar-refractivity contribution in [2.75, 3.05) is 40.3 Å². The second kappa shape index (κ2) is 5.44. The number of rotatable bonds is 4. The SMILES string of the molecule is CNC(CN1CCN(C)CC1C)C(=O)O. The lowest BCUT2D eigenvalue weighted by Crippen LogP contribution is -2.55. The number of carbonyl (C=O) groups is 1. The quantitative estimate of drug-likeness (QED) is 0.649. The number of hydrogen-bond donors (Lipinski definition) is 2. The third kappa shape index (κ3) is 3.44. The van der Waals surface area contributed by atoms with Crippen molar-refractivity contribution in [3.05, 3.63) is 0 Å². The molecule has 0 bridgehead atoms. The standard InChI is InChI=1S/C10H21N3O2/c1-8-6-12(3)4-5-13(8)7-9(11-2)10(14)15/h8-9,11H,4-7H2,1-3H3,(H,14,15). The molecular weight excluding hydrogens is 194 g/mol. The van der Waals surface area contributed by atoms with E-state index in [4.69, 9.17) is 5.11 Å². The molecule has 2 N–H and O–H groups in total. The Morgan fingerprint density at radius 2 is 2.27 bits per heavy atom. The van der Waals surface area contributed by atoms with Crippen molar-refractivity contribution in [3.63, 3.8) is 0 Å². The van der Waals surface area contributed by atoms with E-state index in [2.05, 4.69) is 29.1 Å².